The SMILES string of the molecule is O=S(=NCC1CC1)(NC1=CCC[C@H](N2c3ccccc3Oc3ccccc32)[C@@H]1O)c1ccc(OC(F)(F)F)cc1. The van der Waals surface area contributed by atoms with Crippen LogP contribution < -0.4 is 19.1 Å². The summed E-state index contributed by atoms with van der Waals surface area (Å²) >= 11 is 0. The second-order valence-corrected chi connectivity index (χ2v) is 12.0. The van der Waals surface area contributed by atoms with Crippen molar-refractivity contribution in [3.05, 3.63) is 84.6 Å². The van der Waals surface area contributed by atoms with Crippen molar-refractivity contribution in [3.63, 3.8) is 0 Å². The van der Waals surface area contributed by atoms with Crippen molar-refractivity contribution in [1.29, 1.82) is 0 Å². The number of benzene rings is 3. The Bertz CT molecular complexity index is 1500. The van der Waals surface area contributed by atoms with Crippen LogP contribution in [0.5, 0.6) is 17.2 Å². The zero-order valence-corrected chi connectivity index (χ0v) is 22.2. The van der Waals surface area contributed by atoms with Gasteiger partial charge < -0.3 is 19.5 Å². The summed E-state index contributed by atoms with van der Waals surface area (Å²) in [6.07, 6.45) is -0.882. The van der Waals surface area contributed by atoms with Gasteiger partial charge in [0, 0.05) is 0 Å². The fourth-order valence-electron chi connectivity index (χ4n) is 5.02. The summed E-state index contributed by atoms with van der Waals surface area (Å²) in [5, 5.41) is 11.7. The average molecular weight is 572 g/mol. The molecule has 2 aliphatic carbocycles. The number of nitrogens with zero attached hydrogens (tertiary/aromatic N) is 2. The Morgan fingerprint density at radius 2 is 1.60 bits per heavy atom. The number of aliphatic hydroxyl groups excluding tert-OH is 1. The molecule has 1 fully saturated rings. The molecule has 11 heteroatoms. The van der Waals surface area contributed by atoms with E-state index in [4.69, 9.17) is 4.74 Å². The largest absolute Gasteiger partial charge is 0.573 e. The smallest absolute Gasteiger partial charge is 0.453 e. The van der Waals surface area contributed by atoms with Gasteiger partial charge in [0.1, 0.15) is 11.9 Å². The average Bonchev–Trinajstić information content (AvgIpc) is 3.76. The van der Waals surface area contributed by atoms with Crippen LogP contribution in [0.4, 0.5) is 24.5 Å². The van der Waals surface area contributed by atoms with E-state index in [-0.39, 0.29) is 4.90 Å². The minimum Gasteiger partial charge on any atom is -0.453 e. The number of nitrogens with one attached hydrogen (secondary N) is 1. The molecular formula is C29H28F3N3O4S. The summed E-state index contributed by atoms with van der Waals surface area (Å²) in [6, 6.07) is 19.6. The third-order valence-corrected chi connectivity index (χ3v) is 9.09. The van der Waals surface area contributed by atoms with Crippen molar-refractivity contribution in [2.75, 3.05) is 11.4 Å². The molecule has 40 heavy (non-hydrogen) atoms. The molecule has 1 unspecified atom stereocenters. The van der Waals surface area contributed by atoms with Crippen molar-refractivity contribution < 1.29 is 32.0 Å². The minimum absolute atomic E-state index is 0.208. The van der Waals surface area contributed by atoms with Crippen LogP contribution in [0.1, 0.15) is 25.7 Å². The first-order valence-electron chi connectivity index (χ1n) is 13.1. The Labute approximate surface area is 230 Å². The van der Waals surface area contributed by atoms with Gasteiger partial charge in [0.15, 0.2) is 21.4 Å². The first-order valence-corrected chi connectivity index (χ1v) is 14.6. The monoisotopic (exact) mass is 571 g/mol. The van der Waals surface area contributed by atoms with E-state index >= 15 is 0 Å². The molecule has 3 aromatic rings. The van der Waals surface area contributed by atoms with Gasteiger partial charge in [-0.25, -0.2) is 8.57 Å². The first kappa shape index (κ1) is 26.5. The van der Waals surface area contributed by atoms with Crippen LogP contribution in [0.2, 0.25) is 0 Å². The highest BCUT2D eigenvalue weighted by molar-refractivity contribution is 7.91. The molecule has 1 saturated carbocycles. The molecule has 3 aliphatic rings. The molecule has 210 valence electrons. The molecule has 6 rings (SSSR count). The van der Waals surface area contributed by atoms with E-state index in [0.717, 1.165) is 36.3 Å². The van der Waals surface area contributed by atoms with Crippen LogP contribution >= 0.6 is 0 Å². The van der Waals surface area contributed by atoms with Crippen LogP contribution in [0.15, 0.2) is 93.8 Å². The predicted molar refractivity (Wildman–Crippen MR) is 145 cm³/mol. The molecule has 0 amide bonds. The number of rotatable bonds is 7. The van der Waals surface area contributed by atoms with Crippen molar-refractivity contribution in [1.82, 2.24) is 4.72 Å². The van der Waals surface area contributed by atoms with Gasteiger partial charge in [-0.3, -0.25) is 4.72 Å². The summed E-state index contributed by atoms with van der Waals surface area (Å²) in [4.78, 5) is 2.26. The Balaban J connectivity index is 1.31. The lowest BCUT2D eigenvalue weighted by Crippen LogP contribution is -2.47. The number of alkyl halides is 3. The summed E-state index contributed by atoms with van der Waals surface area (Å²) in [5.74, 6) is 1.25. The second-order valence-electron chi connectivity index (χ2n) is 10.1. The van der Waals surface area contributed by atoms with Crippen molar-refractivity contribution in [3.8, 4) is 17.2 Å². The van der Waals surface area contributed by atoms with Crippen LogP contribution in [0, 0.1) is 5.92 Å². The fourth-order valence-corrected chi connectivity index (χ4v) is 6.80. The summed E-state index contributed by atoms with van der Waals surface area (Å²) in [7, 11) is -3.32. The zero-order valence-electron chi connectivity index (χ0n) is 21.4. The van der Waals surface area contributed by atoms with E-state index in [1.807, 2.05) is 54.6 Å². The van der Waals surface area contributed by atoms with Gasteiger partial charge in [-0.1, -0.05) is 30.3 Å². The maximum atomic E-state index is 14.3. The van der Waals surface area contributed by atoms with Gasteiger partial charge >= 0.3 is 6.36 Å². The number of anilines is 2. The topological polar surface area (TPSA) is 83.4 Å². The number of hydrogen-bond donors (Lipinski definition) is 2. The highest BCUT2D eigenvalue weighted by Crippen LogP contribution is 2.49. The van der Waals surface area contributed by atoms with Gasteiger partial charge in [0.2, 0.25) is 0 Å². The van der Waals surface area contributed by atoms with Crippen LogP contribution in [0.25, 0.3) is 0 Å². The van der Waals surface area contributed by atoms with Gasteiger partial charge in [0.05, 0.1) is 34.6 Å². The molecule has 0 radical (unpaired) electrons. The van der Waals surface area contributed by atoms with Gasteiger partial charge in [0.25, 0.3) is 0 Å². The molecule has 0 saturated heterocycles. The maximum absolute atomic E-state index is 14.3. The molecule has 0 bridgehead atoms. The van der Waals surface area contributed by atoms with E-state index < -0.39 is 34.2 Å². The molecule has 1 aliphatic heterocycles. The molecule has 7 nitrogen and oxygen atoms in total. The zero-order chi connectivity index (χ0) is 27.9. The number of aliphatic hydroxyl groups is 1. The lowest BCUT2D eigenvalue weighted by molar-refractivity contribution is -0.274. The van der Waals surface area contributed by atoms with E-state index in [9.17, 15) is 22.5 Å². The van der Waals surface area contributed by atoms with Crippen molar-refractivity contribution >= 4 is 21.3 Å². The Morgan fingerprint density at radius 3 is 2.20 bits per heavy atom. The van der Waals surface area contributed by atoms with Crippen LogP contribution in [-0.4, -0.2) is 34.4 Å². The minimum atomic E-state index is -4.83. The third kappa shape index (κ3) is 5.48. The number of para-hydroxylation sites is 4. The van der Waals surface area contributed by atoms with Gasteiger partial charge in [-0.05, 0) is 80.1 Å². The number of hydrogen-bond acceptors (Lipinski definition) is 6. The highest BCUT2D eigenvalue weighted by atomic mass is 32.2. The van der Waals surface area contributed by atoms with Gasteiger partial charge in [-0.2, -0.15) is 0 Å². The van der Waals surface area contributed by atoms with Crippen molar-refractivity contribution in [2.24, 2.45) is 10.3 Å². The number of fused-ring (bicyclic) bond motifs is 2. The molecule has 2 N–H and O–H groups in total. The Hall–Kier alpha value is -3.70. The molecule has 3 aromatic carbocycles. The summed E-state index contributed by atoms with van der Waals surface area (Å²) in [6.45, 7) is 0.351. The summed E-state index contributed by atoms with van der Waals surface area (Å²) in [5.41, 5.74) is 1.98. The Morgan fingerprint density at radius 1 is 0.975 bits per heavy atom. The first-order chi connectivity index (χ1) is 19.2. The number of halogens is 3. The molecule has 1 heterocycles. The molecule has 0 aromatic heterocycles. The molecular weight excluding hydrogens is 543 g/mol. The summed E-state index contributed by atoms with van der Waals surface area (Å²) < 4.78 is 69.9. The standard InChI is InChI=1S/C29H28F3N3O4S/c30-29(31,32)39-20-14-16-21(17-15-20)40(37,33-18-19-12-13-19)34-22-6-5-9-25(28(22)36)35-23-7-1-3-10-26(23)38-27-11-4-2-8-24(27)35/h1-4,6-8,10-11,14-17,19,25,28,36H,5,9,12-13,18H2,(H,33,34,37)/t25-,28+,40?/m0/s1. The fraction of sp³-hybridized carbons (Fsp3) is 0.310. The normalized spacial score (nSPS) is 21.7. The third-order valence-electron chi connectivity index (χ3n) is 7.16. The Kier molecular flexibility index (Phi) is 6.87. The predicted octanol–water partition coefficient (Wildman–Crippen LogP) is 6.68. The molecule has 0 spiro atoms. The van der Waals surface area contributed by atoms with Crippen LogP contribution in [-0.2, 0) is 9.92 Å². The maximum Gasteiger partial charge on any atom is 0.573 e. The van der Waals surface area contributed by atoms with Crippen molar-refractivity contribution in [2.45, 2.75) is 49.1 Å². The highest BCUT2D eigenvalue weighted by Gasteiger charge is 2.38. The lowest BCUT2D eigenvalue weighted by atomic mass is 9.93. The van der Waals surface area contributed by atoms with Gasteiger partial charge in [-0.15, -0.1) is 13.2 Å². The van der Waals surface area contributed by atoms with E-state index in [1.54, 1.807) is 0 Å². The van der Waals surface area contributed by atoms with E-state index in [1.165, 1.54) is 12.1 Å². The van der Waals surface area contributed by atoms with E-state index in [0.29, 0.717) is 42.5 Å². The number of ether oxygens (including phenoxy) is 2. The number of allylic oxidation sites excluding steroid dienone is 1. The second kappa shape index (κ2) is 10.4. The van der Waals surface area contributed by atoms with E-state index in [2.05, 4.69) is 18.7 Å². The van der Waals surface area contributed by atoms with Crippen LogP contribution in [0.3, 0.4) is 0 Å². The molecule has 3 atom stereocenters. The quantitative estimate of drug-likeness (QED) is 0.331. The lowest BCUT2D eigenvalue weighted by Gasteiger charge is -2.42.